The van der Waals surface area contributed by atoms with Crippen molar-refractivity contribution in [3.05, 3.63) is 98.0 Å². The quantitative estimate of drug-likeness (QED) is 0.393. The number of fused-ring (bicyclic) bond motifs is 1. The summed E-state index contributed by atoms with van der Waals surface area (Å²) in [6.45, 7) is 2.18. The molecular weight excluding hydrogens is 461 g/mol. The Balaban J connectivity index is 1.66. The van der Waals surface area contributed by atoms with Crippen LogP contribution in [0.25, 0.3) is 10.9 Å². The second kappa shape index (κ2) is 9.65. The minimum atomic E-state index is -0.421. The molecule has 1 N–H and O–H groups in total. The number of benzene rings is 3. The van der Waals surface area contributed by atoms with Gasteiger partial charge in [0.2, 0.25) is 0 Å². The molecule has 0 unspecified atom stereocenters. The minimum absolute atomic E-state index is 0.245. The van der Waals surface area contributed by atoms with Gasteiger partial charge in [0, 0.05) is 22.2 Å². The first-order valence-electron chi connectivity index (χ1n) is 10.3. The number of amides is 1. The molecule has 0 aliphatic rings. The van der Waals surface area contributed by atoms with Crippen LogP contribution in [0.3, 0.4) is 0 Å². The van der Waals surface area contributed by atoms with Crippen molar-refractivity contribution in [3.63, 3.8) is 0 Å². The summed E-state index contributed by atoms with van der Waals surface area (Å²) in [4.78, 5) is 30.6. The molecule has 0 spiro atoms. The van der Waals surface area contributed by atoms with Crippen molar-refractivity contribution in [2.45, 2.75) is 19.9 Å². The first kappa shape index (κ1) is 22.8. The van der Waals surface area contributed by atoms with Crippen LogP contribution in [0, 0.1) is 6.92 Å². The normalized spacial score (nSPS) is 10.9. The SMILES string of the molecule is COc1ccccc1CCn1cnc2cccc(NC(=O)c3cc(Cl)c(C)c(Cl)c3)c2c1=O. The summed E-state index contributed by atoms with van der Waals surface area (Å²) in [6, 6.07) is 15.9. The Morgan fingerprint density at radius 1 is 1.09 bits per heavy atom. The zero-order valence-electron chi connectivity index (χ0n) is 18.1. The smallest absolute Gasteiger partial charge is 0.263 e. The molecule has 0 aliphatic carbocycles. The largest absolute Gasteiger partial charge is 0.496 e. The van der Waals surface area contributed by atoms with Crippen molar-refractivity contribution in [2.24, 2.45) is 0 Å². The molecule has 0 radical (unpaired) electrons. The highest BCUT2D eigenvalue weighted by atomic mass is 35.5. The highest BCUT2D eigenvalue weighted by molar-refractivity contribution is 6.36. The monoisotopic (exact) mass is 481 g/mol. The lowest BCUT2D eigenvalue weighted by molar-refractivity contribution is 0.102. The van der Waals surface area contributed by atoms with Crippen LogP contribution in [0.1, 0.15) is 21.5 Å². The molecule has 1 aromatic heterocycles. The molecule has 168 valence electrons. The van der Waals surface area contributed by atoms with Gasteiger partial charge in [-0.2, -0.15) is 0 Å². The number of para-hydroxylation sites is 1. The Morgan fingerprint density at radius 2 is 1.82 bits per heavy atom. The van der Waals surface area contributed by atoms with Crippen LogP contribution in [0.15, 0.2) is 65.7 Å². The van der Waals surface area contributed by atoms with Gasteiger partial charge in [0.15, 0.2) is 0 Å². The van der Waals surface area contributed by atoms with Gasteiger partial charge >= 0.3 is 0 Å². The summed E-state index contributed by atoms with van der Waals surface area (Å²) in [5.41, 5.74) is 2.60. The summed E-state index contributed by atoms with van der Waals surface area (Å²) in [6.07, 6.45) is 2.11. The van der Waals surface area contributed by atoms with E-state index < -0.39 is 5.91 Å². The fourth-order valence-corrected chi connectivity index (χ4v) is 4.07. The number of hydrogen-bond donors (Lipinski definition) is 1. The lowest BCUT2D eigenvalue weighted by atomic mass is 10.1. The standard InChI is InChI=1S/C25H21Cl2N3O3/c1-15-18(26)12-17(13-19(15)27)24(31)29-21-8-5-7-20-23(21)25(32)30(14-28-20)11-10-16-6-3-4-9-22(16)33-2/h3-9,12-14H,10-11H2,1-2H3,(H,29,31). The predicted molar refractivity (Wildman–Crippen MR) is 132 cm³/mol. The third-order valence-electron chi connectivity index (χ3n) is 5.46. The maximum Gasteiger partial charge on any atom is 0.263 e. The zero-order chi connectivity index (χ0) is 23.5. The molecule has 0 bridgehead atoms. The maximum atomic E-state index is 13.3. The fourth-order valence-electron chi connectivity index (χ4n) is 3.59. The summed E-state index contributed by atoms with van der Waals surface area (Å²) >= 11 is 12.4. The van der Waals surface area contributed by atoms with E-state index in [1.807, 2.05) is 24.3 Å². The molecule has 8 heteroatoms. The van der Waals surface area contributed by atoms with Crippen LogP contribution < -0.4 is 15.6 Å². The molecule has 0 saturated carbocycles. The van der Waals surface area contributed by atoms with E-state index in [1.165, 1.54) is 10.9 Å². The molecule has 6 nitrogen and oxygen atoms in total. The van der Waals surface area contributed by atoms with E-state index in [0.717, 1.165) is 11.3 Å². The molecule has 0 aliphatic heterocycles. The van der Waals surface area contributed by atoms with Gasteiger partial charge < -0.3 is 10.1 Å². The third kappa shape index (κ3) is 4.72. The van der Waals surface area contributed by atoms with Crippen molar-refractivity contribution in [1.29, 1.82) is 0 Å². The summed E-state index contributed by atoms with van der Waals surface area (Å²) in [7, 11) is 1.62. The summed E-state index contributed by atoms with van der Waals surface area (Å²) in [5, 5.41) is 3.93. The number of aromatic nitrogens is 2. The molecule has 4 aromatic rings. The maximum absolute atomic E-state index is 13.3. The third-order valence-corrected chi connectivity index (χ3v) is 6.24. The predicted octanol–water partition coefficient (Wildman–Crippen LogP) is 5.52. The first-order chi connectivity index (χ1) is 15.9. The van der Waals surface area contributed by atoms with Gasteiger partial charge in [0.25, 0.3) is 11.5 Å². The number of nitrogens with zero attached hydrogens (tertiary/aromatic N) is 2. The van der Waals surface area contributed by atoms with E-state index >= 15 is 0 Å². The van der Waals surface area contributed by atoms with Crippen LogP contribution in [-0.4, -0.2) is 22.6 Å². The number of anilines is 1. The Hall–Kier alpha value is -3.35. The van der Waals surface area contributed by atoms with Crippen LogP contribution in [0.2, 0.25) is 10.0 Å². The Kier molecular flexibility index (Phi) is 6.67. The highest BCUT2D eigenvalue weighted by Crippen LogP contribution is 2.27. The average molecular weight is 482 g/mol. The van der Waals surface area contributed by atoms with Gasteiger partial charge in [-0.1, -0.05) is 47.5 Å². The number of ether oxygens (including phenoxy) is 1. The van der Waals surface area contributed by atoms with E-state index in [9.17, 15) is 9.59 Å². The Bertz CT molecular complexity index is 1390. The second-order valence-corrected chi connectivity index (χ2v) is 8.34. The highest BCUT2D eigenvalue weighted by Gasteiger charge is 2.15. The van der Waals surface area contributed by atoms with Gasteiger partial charge in [0.1, 0.15) is 5.75 Å². The number of carbonyl (C=O) groups excluding carboxylic acids is 1. The van der Waals surface area contributed by atoms with Crippen LogP contribution in [0.5, 0.6) is 5.75 Å². The second-order valence-electron chi connectivity index (χ2n) is 7.52. The number of carbonyl (C=O) groups is 1. The van der Waals surface area contributed by atoms with Crippen molar-refractivity contribution in [3.8, 4) is 5.75 Å². The van der Waals surface area contributed by atoms with Gasteiger partial charge in [0.05, 0.1) is 30.0 Å². The van der Waals surface area contributed by atoms with Crippen molar-refractivity contribution in [2.75, 3.05) is 12.4 Å². The average Bonchev–Trinajstić information content (AvgIpc) is 2.82. The van der Waals surface area contributed by atoms with Gasteiger partial charge in [-0.3, -0.25) is 14.2 Å². The molecule has 0 saturated heterocycles. The number of nitrogens with one attached hydrogen (secondary N) is 1. The van der Waals surface area contributed by atoms with E-state index in [2.05, 4.69) is 10.3 Å². The summed E-state index contributed by atoms with van der Waals surface area (Å²) in [5.74, 6) is 0.345. The molecule has 3 aromatic carbocycles. The zero-order valence-corrected chi connectivity index (χ0v) is 19.6. The molecular formula is C25H21Cl2N3O3. The number of methoxy groups -OCH3 is 1. The number of halogens is 2. The van der Waals surface area contributed by atoms with E-state index in [1.54, 1.807) is 44.4 Å². The van der Waals surface area contributed by atoms with E-state index in [0.29, 0.717) is 50.7 Å². The Labute approximate surface area is 200 Å². The molecule has 1 amide bonds. The minimum Gasteiger partial charge on any atom is -0.496 e. The van der Waals surface area contributed by atoms with Crippen molar-refractivity contribution >= 4 is 45.7 Å². The fraction of sp³-hybridized carbons (Fsp3) is 0.160. The molecule has 33 heavy (non-hydrogen) atoms. The number of rotatable bonds is 6. The number of aryl methyl sites for hydroxylation is 2. The first-order valence-corrected chi connectivity index (χ1v) is 11.0. The van der Waals surface area contributed by atoms with Crippen LogP contribution in [-0.2, 0) is 13.0 Å². The lowest BCUT2D eigenvalue weighted by Crippen LogP contribution is -2.23. The van der Waals surface area contributed by atoms with Gasteiger partial charge in [-0.05, 0) is 54.8 Å². The lowest BCUT2D eigenvalue weighted by Gasteiger charge is -2.12. The van der Waals surface area contributed by atoms with Crippen LogP contribution in [0.4, 0.5) is 5.69 Å². The van der Waals surface area contributed by atoms with Gasteiger partial charge in [-0.25, -0.2) is 4.98 Å². The van der Waals surface area contributed by atoms with Crippen LogP contribution >= 0.6 is 23.2 Å². The molecule has 0 atom stereocenters. The molecule has 1 heterocycles. The molecule has 0 fully saturated rings. The number of hydrogen-bond acceptors (Lipinski definition) is 4. The topological polar surface area (TPSA) is 73.2 Å². The Morgan fingerprint density at radius 3 is 2.55 bits per heavy atom. The van der Waals surface area contributed by atoms with E-state index in [-0.39, 0.29) is 5.56 Å². The van der Waals surface area contributed by atoms with Gasteiger partial charge in [-0.15, -0.1) is 0 Å². The van der Waals surface area contributed by atoms with E-state index in [4.69, 9.17) is 27.9 Å². The van der Waals surface area contributed by atoms with Crippen molar-refractivity contribution < 1.29 is 9.53 Å². The summed E-state index contributed by atoms with van der Waals surface area (Å²) < 4.78 is 6.93. The van der Waals surface area contributed by atoms with Crippen molar-refractivity contribution in [1.82, 2.24) is 9.55 Å². The molecule has 4 rings (SSSR count).